The zero-order valence-electron chi connectivity index (χ0n) is 7.38. The number of nitrogens with one attached hydrogen (secondary N) is 1. The van der Waals surface area contributed by atoms with Crippen molar-refractivity contribution in [1.82, 2.24) is 4.98 Å². The first kappa shape index (κ1) is 8.13. The molecule has 0 unspecified atom stereocenters. The quantitative estimate of drug-likeness (QED) is 0.601. The number of nitrogens with two attached hydrogens (primary N) is 2. The van der Waals surface area contributed by atoms with Gasteiger partial charge in [-0.2, -0.15) is 0 Å². The van der Waals surface area contributed by atoms with Gasteiger partial charge in [-0.05, 0) is 25.1 Å². The molecule has 1 aromatic carbocycles. The predicted octanol–water partition coefficient (Wildman–Crippen LogP) is 1.25. The number of hydrogen-bond donors (Lipinski definition) is 3. The fourth-order valence-corrected chi connectivity index (χ4v) is 1.53. The Balaban J connectivity index is 2.55. The van der Waals surface area contributed by atoms with Crippen LogP contribution in [0.5, 0.6) is 0 Å². The molecule has 0 spiro atoms. The SMILES string of the molecule is NCCc1cc2cccc(N)c2[nH]1. The van der Waals surface area contributed by atoms with E-state index in [1.165, 1.54) is 0 Å². The average molecular weight is 175 g/mol. The molecule has 0 aliphatic carbocycles. The zero-order chi connectivity index (χ0) is 9.26. The van der Waals surface area contributed by atoms with Crippen molar-refractivity contribution in [2.45, 2.75) is 6.42 Å². The normalized spacial score (nSPS) is 10.8. The second kappa shape index (κ2) is 3.11. The predicted molar refractivity (Wildman–Crippen MR) is 55.5 cm³/mol. The summed E-state index contributed by atoms with van der Waals surface area (Å²) >= 11 is 0. The van der Waals surface area contributed by atoms with Crippen molar-refractivity contribution in [3.05, 3.63) is 30.0 Å². The Morgan fingerprint density at radius 1 is 1.31 bits per heavy atom. The number of H-pyrrole nitrogens is 1. The molecule has 1 heterocycles. The van der Waals surface area contributed by atoms with Crippen LogP contribution in [-0.2, 0) is 6.42 Å². The fourth-order valence-electron chi connectivity index (χ4n) is 1.53. The Morgan fingerprint density at radius 3 is 2.85 bits per heavy atom. The summed E-state index contributed by atoms with van der Waals surface area (Å²) in [7, 11) is 0. The molecule has 0 bridgehead atoms. The number of aromatic nitrogens is 1. The number of hydrogen-bond acceptors (Lipinski definition) is 2. The summed E-state index contributed by atoms with van der Waals surface area (Å²) in [6, 6.07) is 7.99. The number of aromatic amines is 1. The summed E-state index contributed by atoms with van der Waals surface area (Å²) in [4.78, 5) is 3.26. The van der Waals surface area contributed by atoms with Crippen LogP contribution in [0, 0.1) is 0 Å². The van der Waals surface area contributed by atoms with E-state index in [0.717, 1.165) is 28.7 Å². The van der Waals surface area contributed by atoms with E-state index < -0.39 is 0 Å². The molecule has 0 fully saturated rings. The maximum Gasteiger partial charge on any atom is 0.0689 e. The summed E-state index contributed by atoms with van der Waals surface area (Å²) in [5, 5.41) is 1.16. The zero-order valence-corrected chi connectivity index (χ0v) is 7.38. The molecule has 68 valence electrons. The van der Waals surface area contributed by atoms with Gasteiger partial charge < -0.3 is 16.5 Å². The van der Waals surface area contributed by atoms with Gasteiger partial charge in [0.15, 0.2) is 0 Å². The van der Waals surface area contributed by atoms with E-state index in [0.29, 0.717) is 6.54 Å². The largest absolute Gasteiger partial charge is 0.397 e. The second-order valence-electron chi connectivity index (χ2n) is 3.14. The van der Waals surface area contributed by atoms with E-state index in [1.54, 1.807) is 0 Å². The molecular weight excluding hydrogens is 162 g/mol. The third kappa shape index (κ3) is 1.38. The van der Waals surface area contributed by atoms with Crippen molar-refractivity contribution in [3.8, 4) is 0 Å². The number of para-hydroxylation sites is 1. The smallest absolute Gasteiger partial charge is 0.0689 e. The van der Waals surface area contributed by atoms with E-state index in [9.17, 15) is 0 Å². The van der Waals surface area contributed by atoms with E-state index in [1.807, 2.05) is 18.2 Å². The molecule has 3 heteroatoms. The van der Waals surface area contributed by atoms with Crippen LogP contribution in [0.2, 0.25) is 0 Å². The topological polar surface area (TPSA) is 67.8 Å². The van der Waals surface area contributed by atoms with Crippen molar-refractivity contribution in [2.24, 2.45) is 5.73 Å². The molecule has 0 aliphatic rings. The Morgan fingerprint density at radius 2 is 2.15 bits per heavy atom. The summed E-state index contributed by atoms with van der Waals surface area (Å²) < 4.78 is 0. The lowest BCUT2D eigenvalue weighted by atomic mass is 10.2. The van der Waals surface area contributed by atoms with E-state index in [2.05, 4.69) is 11.1 Å². The number of benzene rings is 1. The van der Waals surface area contributed by atoms with Crippen molar-refractivity contribution >= 4 is 16.6 Å². The first-order valence-corrected chi connectivity index (χ1v) is 4.37. The van der Waals surface area contributed by atoms with Gasteiger partial charge in [0.25, 0.3) is 0 Å². The first-order chi connectivity index (χ1) is 6.31. The van der Waals surface area contributed by atoms with Crippen LogP contribution in [0.4, 0.5) is 5.69 Å². The summed E-state index contributed by atoms with van der Waals surface area (Å²) in [6.07, 6.45) is 0.869. The highest BCUT2D eigenvalue weighted by atomic mass is 14.8. The van der Waals surface area contributed by atoms with Crippen molar-refractivity contribution in [3.63, 3.8) is 0 Å². The number of rotatable bonds is 2. The van der Waals surface area contributed by atoms with Gasteiger partial charge in [-0.3, -0.25) is 0 Å². The number of nitrogen functional groups attached to an aromatic ring is 1. The average Bonchev–Trinajstić information content (AvgIpc) is 2.49. The minimum absolute atomic E-state index is 0.659. The Kier molecular flexibility index (Phi) is 1.94. The molecule has 0 radical (unpaired) electrons. The molecule has 3 nitrogen and oxygen atoms in total. The second-order valence-corrected chi connectivity index (χ2v) is 3.14. The van der Waals surface area contributed by atoms with Gasteiger partial charge in [-0.15, -0.1) is 0 Å². The van der Waals surface area contributed by atoms with Gasteiger partial charge in [0, 0.05) is 11.1 Å². The van der Waals surface area contributed by atoms with Crippen molar-refractivity contribution < 1.29 is 0 Å². The van der Waals surface area contributed by atoms with Gasteiger partial charge in [0.2, 0.25) is 0 Å². The van der Waals surface area contributed by atoms with Crippen LogP contribution in [0.15, 0.2) is 24.3 Å². The highest BCUT2D eigenvalue weighted by molar-refractivity contribution is 5.90. The Bertz CT molecular complexity index is 417. The molecule has 5 N–H and O–H groups in total. The highest BCUT2D eigenvalue weighted by Crippen LogP contribution is 2.20. The van der Waals surface area contributed by atoms with E-state index in [4.69, 9.17) is 11.5 Å². The third-order valence-electron chi connectivity index (χ3n) is 2.16. The highest BCUT2D eigenvalue weighted by Gasteiger charge is 2.01. The molecule has 0 atom stereocenters. The van der Waals surface area contributed by atoms with Gasteiger partial charge in [-0.1, -0.05) is 12.1 Å². The van der Waals surface area contributed by atoms with Gasteiger partial charge in [0.1, 0.15) is 0 Å². The molecule has 0 saturated heterocycles. The van der Waals surface area contributed by atoms with Crippen LogP contribution in [0.25, 0.3) is 10.9 Å². The first-order valence-electron chi connectivity index (χ1n) is 4.37. The Hall–Kier alpha value is -1.48. The molecular formula is C10H13N3. The van der Waals surface area contributed by atoms with Crippen LogP contribution in [0.3, 0.4) is 0 Å². The lowest BCUT2D eigenvalue weighted by Crippen LogP contribution is -2.02. The minimum Gasteiger partial charge on any atom is -0.397 e. The van der Waals surface area contributed by atoms with Gasteiger partial charge in [0.05, 0.1) is 11.2 Å². The summed E-state index contributed by atoms with van der Waals surface area (Å²) in [6.45, 7) is 0.659. The molecule has 0 amide bonds. The van der Waals surface area contributed by atoms with Crippen LogP contribution < -0.4 is 11.5 Å². The lowest BCUT2D eigenvalue weighted by Gasteiger charge is -1.94. The molecule has 1 aromatic heterocycles. The van der Waals surface area contributed by atoms with E-state index >= 15 is 0 Å². The molecule has 0 saturated carbocycles. The fraction of sp³-hybridized carbons (Fsp3) is 0.200. The van der Waals surface area contributed by atoms with Gasteiger partial charge in [-0.25, -0.2) is 0 Å². The van der Waals surface area contributed by atoms with Crippen LogP contribution in [-0.4, -0.2) is 11.5 Å². The number of fused-ring (bicyclic) bond motifs is 1. The van der Waals surface area contributed by atoms with E-state index in [-0.39, 0.29) is 0 Å². The molecule has 0 aliphatic heterocycles. The standard InChI is InChI=1S/C10H13N3/c11-5-4-8-6-7-2-1-3-9(12)10(7)13-8/h1-3,6,13H,4-5,11-12H2. The molecule has 13 heavy (non-hydrogen) atoms. The minimum atomic E-state index is 0.659. The van der Waals surface area contributed by atoms with Crippen molar-refractivity contribution in [1.29, 1.82) is 0 Å². The summed E-state index contributed by atoms with van der Waals surface area (Å²) in [5.41, 5.74) is 14.2. The molecule has 2 aromatic rings. The maximum atomic E-state index is 5.80. The summed E-state index contributed by atoms with van der Waals surface area (Å²) in [5.74, 6) is 0. The van der Waals surface area contributed by atoms with Crippen molar-refractivity contribution in [2.75, 3.05) is 12.3 Å². The van der Waals surface area contributed by atoms with Crippen LogP contribution >= 0.6 is 0 Å². The monoisotopic (exact) mass is 175 g/mol. The van der Waals surface area contributed by atoms with Gasteiger partial charge >= 0.3 is 0 Å². The maximum absolute atomic E-state index is 5.80. The number of anilines is 1. The lowest BCUT2D eigenvalue weighted by molar-refractivity contribution is 0.940. The third-order valence-corrected chi connectivity index (χ3v) is 2.16. The Labute approximate surface area is 76.7 Å². The molecule has 2 rings (SSSR count). The van der Waals surface area contributed by atoms with Crippen LogP contribution in [0.1, 0.15) is 5.69 Å².